The van der Waals surface area contributed by atoms with Gasteiger partial charge in [-0.25, -0.2) is 9.59 Å². The summed E-state index contributed by atoms with van der Waals surface area (Å²) in [5, 5.41) is 38.4. The Labute approximate surface area is 226 Å². The molecular weight excluding hydrogens is 544 g/mol. The molecule has 0 radical (unpaired) electrons. The molecule has 204 valence electrons. The SMILES string of the molecule is Cc1ccc(N2N=C(C(=O)O)/C(=C/C=C/C=C/c3c(C(=O)O)nn(-c4ccc(S(=O)(=O)O)cc4)c3O)C2=O)cc1. The Morgan fingerprint density at radius 2 is 1.52 bits per heavy atom. The molecule has 4 rings (SSSR count). The fourth-order valence-corrected chi connectivity index (χ4v) is 4.10. The summed E-state index contributed by atoms with van der Waals surface area (Å²) < 4.78 is 32.5. The van der Waals surface area contributed by atoms with Gasteiger partial charge >= 0.3 is 11.9 Å². The number of carbonyl (C=O) groups is 3. The van der Waals surface area contributed by atoms with E-state index >= 15 is 0 Å². The Morgan fingerprint density at radius 3 is 2.10 bits per heavy atom. The smallest absolute Gasteiger partial charge is 0.357 e. The number of amides is 1. The van der Waals surface area contributed by atoms with Crippen LogP contribution in [0.1, 0.15) is 21.6 Å². The van der Waals surface area contributed by atoms with Gasteiger partial charge in [-0.2, -0.15) is 28.3 Å². The first kappa shape index (κ1) is 27.7. The van der Waals surface area contributed by atoms with Crippen molar-refractivity contribution >= 4 is 45.4 Å². The second-order valence-electron chi connectivity index (χ2n) is 8.30. The van der Waals surface area contributed by atoms with Crippen molar-refractivity contribution in [3.8, 4) is 11.6 Å². The lowest BCUT2D eigenvalue weighted by Gasteiger charge is -2.11. The summed E-state index contributed by atoms with van der Waals surface area (Å²) in [5.74, 6) is -4.07. The number of allylic oxidation sites excluding steroid dienone is 4. The van der Waals surface area contributed by atoms with E-state index in [0.717, 1.165) is 27.4 Å². The first-order chi connectivity index (χ1) is 18.9. The Balaban J connectivity index is 1.59. The fourth-order valence-electron chi connectivity index (χ4n) is 3.62. The lowest BCUT2D eigenvalue weighted by Crippen LogP contribution is -2.22. The van der Waals surface area contributed by atoms with E-state index in [4.69, 9.17) is 4.55 Å². The van der Waals surface area contributed by atoms with Crippen LogP contribution in [0.3, 0.4) is 0 Å². The van der Waals surface area contributed by atoms with Gasteiger partial charge < -0.3 is 15.3 Å². The number of hydrogen-bond donors (Lipinski definition) is 4. The quantitative estimate of drug-likeness (QED) is 0.179. The molecule has 1 aliphatic rings. The van der Waals surface area contributed by atoms with Gasteiger partial charge in [-0.15, -0.1) is 0 Å². The minimum absolute atomic E-state index is 0.116. The van der Waals surface area contributed by atoms with Crippen LogP contribution in [0, 0.1) is 6.92 Å². The van der Waals surface area contributed by atoms with Crippen LogP contribution in [0.25, 0.3) is 11.8 Å². The first-order valence-electron chi connectivity index (χ1n) is 11.3. The largest absolute Gasteiger partial charge is 0.493 e. The third kappa shape index (κ3) is 5.57. The number of benzene rings is 2. The standard InChI is InChI=1S/C26H20N4O9S/c1-15-7-9-16(10-8-15)29-23(31)19(21(27-29)25(33)34)5-3-2-4-6-20-22(26(35)36)28-30(24(20)32)17-11-13-18(14-12-17)40(37,38)39/h2-14,32H,1H3,(H,33,34)(H,35,36)(H,37,38,39)/b3-2+,6-4+,19-5-. The van der Waals surface area contributed by atoms with Gasteiger partial charge in [0, 0.05) is 0 Å². The molecule has 0 atom stereocenters. The Kier molecular flexibility index (Phi) is 7.48. The lowest BCUT2D eigenvalue weighted by molar-refractivity contribution is -0.129. The highest BCUT2D eigenvalue weighted by molar-refractivity contribution is 7.85. The molecule has 0 fully saturated rings. The van der Waals surface area contributed by atoms with Crippen LogP contribution in [0.2, 0.25) is 0 Å². The van der Waals surface area contributed by atoms with Gasteiger partial charge in [-0.1, -0.05) is 35.9 Å². The number of aromatic hydroxyl groups is 1. The number of aryl methyl sites for hydroxylation is 1. The van der Waals surface area contributed by atoms with Crippen LogP contribution in [-0.4, -0.2) is 61.6 Å². The van der Waals surface area contributed by atoms with Gasteiger partial charge in [0.05, 0.1) is 27.4 Å². The zero-order chi connectivity index (χ0) is 29.2. The van der Waals surface area contributed by atoms with E-state index in [1.54, 1.807) is 24.3 Å². The van der Waals surface area contributed by atoms with Crippen LogP contribution in [0.5, 0.6) is 5.88 Å². The van der Waals surface area contributed by atoms with E-state index in [9.17, 15) is 38.1 Å². The number of aromatic nitrogens is 2. The number of hydrazone groups is 1. The van der Waals surface area contributed by atoms with Crippen molar-refractivity contribution in [3.05, 3.63) is 95.2 Å². The highest BCUT2D eigenvalue weighted by atomic mass is 32.2. The summed E-state index contributed by atoms with van der Waals surface area (Å²) in [6.45, 7) is 1.86. The Hall–Kier alpha value is -5.34. The molecule has 2 heterocycles. The van der Waals surface area contributed by atoms with E-state index in [2.05, 4.69) is 10.2 Å². The van der Waals surface area contributed by atoms with Crippen LogP contribution < -0.4 is 5.01 Å². The van der Waals surface area contributed by atoms with Crippen molar-refractivity contribution in [3.63, 3.8) is 0 Å². The molecule has 0 spiro atoms. The molecule has 0 bridgehead atoms. The maximum atomic E-state index is 12.8. The van der Waals surface area contributed by atoms with Gasteiger partial charge in [0.2, 0.25) is 5.88 Å². The monoisotopic (exact) mass is 564 g/mol. The number of carbonyl (C=O) groups excluding carboxylic acids is 1. The molecule has 0 saturated carbocycles. The van der Waals surface area contributed by atoms with Gasteiger partial charge in [0.25, 0.3) is 16.0 Å². The maximum absolute atomic E-state index is 12.8. The Bertz CT molecular complexity index is 1750. The number of aliphatic carboxylic acids is 1. The predicted octanol–water partition coefficient (Wildman–Crippen LogP) is 2.81. The second-order valence-corrected chi connectivity index (χ2v) is 9.72. The van der Waals surface area contributed by atoms with Crippen molar-refractivity contribution in [1.82, 2.24) is 9.78 Å². The number of carboxylic acids is 2. The average Bonchev–Trinajstić information content (AvgIpc) is 3.41. The van der Waals surface area contributed by atoms with Gasteiger partial charge in [-0.3, -0.25) is 9.35 Å². The van der Waals surface area contributed by atoms with Gasteiger partial charge in [0.15, 0.2) is 11.4 Å². The van der Waals surface area contributed by atoms with Crippen molar-refractivity contribution in [2.45, 2.75) is 11.8 Å². The fraction of sp³-hybridized carbons (Fsp3) is 0.0385. The maximum Gasteiger partial charge on any atom is 0.357 e. The van der Waals surface area contributed by atoms with Crippen LogP contribution in [0.4, 0.5) is 5.69 Å². The summed E-state index contributed by atoms with van der Waals surface area (Å²) in [4.78, 5) is 35.8. The van der Waals surface area contributed by atoms with Gasteiger partial charge in [-0.05, 0) is 55.5 Å². The zero-order valence-corrected chi connectivity index (χ0v) is 21.3. The van der Waals surface area contributed by atoms with Crippen molar-refractivity contribution in [2.24, 2.45) is 5.10 Å². The molecule has 1 amide bonds. The summed E-state index contributed by atoms with van der Waals surface area (Å²) >= 11 is 0. The molecule has 0 saturated heterocycles. The molecule has 13 nitrogen and oxygen atoms in total. The van der Waals surface area contributed by atoms with E-state index in [1.165, 1.54) is 42.5 Å². The number of nitrogens with zero attached hydrogens (tertiary/aromatic N) is 4. The van der Waals surface area contributed by atoms with Crippen molar-refractivity contribution < 1.29 is 42.7 Å². The number of carboxylic acid groups (broad SMARTS) is 2. The molecular formula is C26H20N4O9S. The predicted molar refractivity (Wildman–Crippen MR) is 142 cm³/mol. The lowest BCUT2D eigenvalue weighted by atomic mass is 10.1. The van der Waals surface area contributed by atoms with E-state index in [1.807, 2.05) is 6.92 Å². The highest BCUT2D eigenvalue weighted by Crippen LogP contribution is 2.28. The average molecular weight is 565 g/mol. The first-order valence-corrected chi connectivity index (χ1v) is 12.7. The van der Waals surface area contributed by atoms with Crippen LogP contribution in [0.15, 0.2) is 88.4 Å². The van der Waals surface area contributed by atoms with E-state index in [-0.39, 0.29) is 16.8 Å². The number of hydrogen-bond acceptors (Lipinski definition) is 8. The number of anilines is 1. The van der Waals surface area contributed by atoms with E-state index in [0.29, 0.717) is 5.69 Å². The molecule has 0 unspecified atom stereocenters. The topological polar surface area (TPSA) is 200 Å². The van der Waals surface area contributed by atoms with Crippen molar-refractivity contribution in [1.29, 1.82) is 0 Å². The molecule has 40 heavy (non-hydrogen) atoms. The third-order valence-electron chi connectivity index (χ3n) is 5.59. The molecule has 1 aromatic heterocycles. The minimum Gasteiger partial charge on any atom is -0.493 e. The molecule has 1 aliphatic heterocycles. The summed E-state index contributed by atoms with van der Waals surface area (Å²) in [6.07, 6.45) is 6.52. The second kappa shape index (κ2) is 10.8. The molecule has 0 aliphatic carbocycles. The van der Waals surface area contributed by atoms with Crippen LogP contribution >= 0.6 is 0 Å². The Morgan fingerprint density at radius 1 is 0.900 bits per heavy atom. The van der Waals surface area contributed by atoms with Gasteiger partial charge in [0.1, 0.15) is 0 Å². The minimum atomic E-state index is -4.46. The molecule has 14 heteroatoms. The van der Waals surface area contributed by atoms with Crippen molar-refractivity contribution in [2.75, 3.05) is 5.01 Å². The zero-order valence-electron chi connectivity index (χ0n) is 20.5. The highest BCUT2D eigenvalue weighted by Gasteiger charge is 2.34. The molecule has 4 N–H and O–H groups in total. The summed E-state index contributed by atoms with van der Waals surface area (Å²) in [5.41, 5.74) is 0.132. The number of rotatable bonds is 8. The molecule has 2 aromatic carbocycles. The van der Waals surface area contributed by atoms with E-state index < -0.39 is 50.1 Å². The third-order valence-corrected chi connectivity index (χ3v) is 6.45. The van der Waals surface area contributed by atoms with Crippen LogP contribution in [-0.2, 0) is 19.7 Å². The summed E-state index contributed by atoms with van der Waals surface area (Å²) in [6, 6.07) is 11.3. The normalized spacial score (nSPS) is 14.9. The number of aromatic carboxylic acids is 1. The summed E-state index contributed by atoms with van der Waals surface area (Å²) in [7, 11) is -4.46. The molecule has 3 aromatic rings.